The summed E-state index contributed by atoms with van der Waals surface area (Å²) in [6.45, 7) is 8.66. The van der Waals surface area contributed by atoms with Crippen LogP contribution in [0.3, 0.4) is 0 Å². The van der Waals surface area contributed by atoms with Crippen molar-refractivity contribution in [1.82, 2.24) is 0 Å². The van der Waals surface area contributed by atoms with E-state index in [1.54, 1.807) is 18.2 Å². The molecule has 1 amide bonds. The minimum absolute atomic E-state index is 0.0582. The number of nitrogens with zero attached hydrogens (tertiary/aromatic N) is 1. The molecule has 3 rings (SSSR count). The van der Waals surface area contributed by atoms with Gasteiger partial charge in [0.2, 0.25) is 0 Å². The Kier molecular flexibility index (Phi) is 9.27. The number of rotatable bonds is 8. The first-order valence-corrected chi connectivity index (χ1v) is 12.4. The molecule has 0 saturated heterocycles. The molecular formula is C30H32F3NO5. The lowest BCUT2D eigenvalue weighted by atomic mass is 9.87. The Labute approximate surface area is 226 Å². The molecular weight excluding hydrogens is 511 g/mol. The highest BCUT2D eigenvalue weighted by atomic mass is 19.4. The van der Waals surface area contributed by atoms with Crippen LogP contribution in [0.4, 0.5) is 18.9 Å². The second-order valence-corrected chi connectivity index (χ2v) is 9.93. The van der Waals surface area contributed by atoms with Crippen molar-refractivity contribution in [3.8, 4) is 22.6 Å². The van der Waals surface area contributed by atoms with E-state index >= 15 is 0 Å². The molecule has 0 aromatic heterocycles. The summed E-state index contributed by atoms with van der Waals surface area (Å²) in [6.07, 6.45) is -4.09. The van der Waals surface area contributed by atoms with Crippen LogP contribution in [0.2, 0.25) is 0 Å². The summed E-state index contributed by atoms with van der Waals surface area (Å²) in [5, 5.41) is 0. The van der Waals surface area contributed by atoms with E-state index in [0.717, 1.165) is 18.2 Å². The van der Waals surface area contributed by atoms with Gasteiger partial charge in [0.05, 0.1) is 25.9 Å². The van der Waals surface area contributed by atoms with E-state index in [4.69, 9.17) is 9.47 Å². The van der Waals surface area contributed by atoms with Crippen LogP contribution in [-0.4, -0.2) is 32.0 Å². The zero-order valence-corrected chi connectivity index (χ0v) is 22.6. The molecule has 0 heterocycles. The van der Waals surface area contributed by atoms with Crippen molar-refractivity contribution in [3.63, 3.8) is 0 Å². The topological polar surface area (TPSA) is 65.1 Å². The molecule has 208 valence electrons. The van der Waals surface area contributed by atoms with Gasteiger partial charge in [-0.25, -0.2) is 4.79 Å². The first-order chi connectivity index (χ1) is 18.3. The number of carbonyl (C=O) groups is 2. The molecule has 3 aromatic rings. The molecule has 0 aliphatic heterocycles. The van der Waals surface area contributed by atoms with Crippen molar-refractivity contribution in [2.75, 3.05) is 18.6 Å². The second kappa shape index (κ2) is 12.2. The summed E-state index contributed by atoms with van der Waals surface area (Å²) in [5.41, 5.74) is 3.33. The molecule has 9 heteroatoms. The molecule has 0 aliphatic carbocycles. The molecule has 0 fully saturated rings. The van der Waals surface area contributed by atoms with Gasteiger partial charge in [0, 0.05) is 0 Å². The van der Waals surface area contributed by atoms with Crippen LogP contribution >= 0.6 is 0 Å². The Morgan fingerprint density at radius 3 is 2.03 bits per heavy atom. The van der Waals surface area contributed by atoms with Crippen molar-refractivity contribution in [3.05, 3.63) is 77.9 Å². The first kappa shape index (κ1) is 29.5. The number of methoxy groups -OCH3 is 1. The lowest BCUT2D eigenvalue weighted by Gasteiger charge is -2.25. The largest absolute Gasteiger partial charge is 0.573 e. The monoisotopic (exact) mass is 543 g/mol. The van der Waals surface area contributed by atoms with Gasteiger partial charge in [-0.1, -0.05) is 70.2 Å². The number of hydrogen-bond acceptors (Lipinski definition) is 5. The van der Waals surface area contributed by atoms with Crippen LogP contribution in [-0.2, 0) is 26.3 Å². The van der Waals surface area contributed by atoms with E-state index in [1.165, 1.54) is 29.2 Å². The quantitative estimate of drug-likeness (QED) is 0.225. The summed E-state index contributed by atoms with van der Waals surface area (Å²) in [7, 11) is 1.13. The SMILES string of the molecule is CCCOc1ccc(-c2ccc(OC(F)(F)F)cc2)cc1N(Cc1ccc(C(C)(C)C)cc1)C(=O)C(=O)OC. The Morgan fingerprint density at radius 1 is 0.872 bits per heavy atom. The van der Waals surface area contributed by atoms with Gasteiger partial charge in [-0.3, -0.25) is 9.69 Å². The highest BCUT2D eigenvalue weighted by Gasteiger charge is 2.31. The summed E-state index contributed by atoms with van der Waals surface area (Å²) in [6, 6.07) is 18.2. The number of esters is 1. The summed E-state index contributed by atoms with van der Waals surface area (Å²) in [4.78, 5) is 26.9. The average Bonchev–Trinajstić information content (AvgIpc) is 2.89. The van der Waals surface area contributed by atoms with E-state index in [2.05, 4.69) is 25.5 Å². The predicted octanol–water partition coefficient (Wildman–Crippen LogP) is 7.04. The van der Waals surface area contributed by atoms with Gasteiger partial charge in [0.15, 0.2) is 0 Å². The maximum Gasteiger partial charge on any atom is 0.573 e. The standard InChI is InChI=1S/C30H32F3NO5/c1-6-17-38-26-16-11-22(21-9-14-24(15-10-21)39-30(31,32)33)18-25(26)34(27(35)28(36)37-5)19-20-7-12-23(13-8-20)29(2,3)4/h7-16,18H,6,17,19H2,1-5H3. The molecule has 0 N–H and O–H groups in total. The smallest absolute Gasteiger partial charge is 0.491 e. The van der Waals surface area contributed by atoms with E-state index < -0.39 is 18.2 Å². The van der Waals surface area contributed by atoms with Crippen molar-refractivity contribution in [2.45, 2.75) is 52.4 Å². The van der Waals surface area contributed by atoms with Crippen LogP contribution in [0, 0.1) is 0 Å². The minimum Gasteiger partial charge on any atom is -0.491 e. The maximum absolute atomic E-state index is 13.2. The number of halogens is 3. The highest BCUT2D eigenvalue weighted by Crippen LogP contribution is 2.36. The Bertz CT molecular complexity index is 1280. The van der Waals surface area contributed by atoms with Crippen molar-refractivity contribution in [1.29, 1.82) is 0 Å². The van der Waals surface area contributed by atoms with Gasteiger partial charge in [-0.05, 0) is 58.4 Å². The predicted molar refractivity (Wildman–Crippen MR) is 143 cm³/mol. The lowest BCUT2D eigenvalue weighted by molar-refractivity contribution is -0.274. The average molecular weight is 544 g/mol. The molecule has 6 nitrogen and oxygen atoms in total. The number of amides is 1. The van der Waals surface area contributed by atoms with Gasteiger partial charge in [-0.15, -0.1) is 13.2 Å². The van der Waals surface area contributed by atoms with Crippen LogP contribution in [0.5, 0.6) is 11.5 Å². The third-order valence-electron chi connectivity index (χ3n) is 5.90. The number of hydrogen-bond donors (Lipinski definition) is 0. The summed E-state index contributed by atoms with van der Waals surface area (Å²) < 4.78 is 52.3. The van der Waals surface area contributed by atoms with Gasteiger partial charge < -0.3 is 14.2 Å². The molecule has 0 unspecified atom stereocenters. The summed E-state index contributed by atoms with van der Waals surface area (Å²) >= 11 is 0. The summed E-state index contributed by atoms with van der Waals surface area (Å²) in [5.74, 6) is -1.90. The fourth-order valence-electron chi connectivity index (χ4n) is 3.85. The van der Waals surface area contributed by atoms with E-state index in [9.17, 15) is 22.8 Å². The third kappa shape index (κ3) is 7.99. The minimum atomic E-state index is -4.80. The van der Waals surface area contributed by atoms with Gasteiger partial charge in [-0.2, -0.15) is 0 Å². The van der Waals surface area contributed by atoms with Crippen LogP contribution in [0.25, 0.3) is 11.1 Å². The van der Waals surface area contributed by atoms with Crippen LogP contribution in [0.1, 0.15) is 45.2 Å². The zero-order valence-electron chi connectivity index (χ0n) is 22.6. The number of ether oxygens (including phenoxy) is 3. The van der Waals surface area contributed by atoms with E-state index in [0.29, 0.717) is 35.6 Å². The first-order valence-electron chi connectivity index (χ1n) is 12.4. The molecule has 0 spiro atoms. The Hall–Kier alpha value is -4.01. The van der Waals surface area contributed by atoms with Crippen molar-refractivity contribution < 1.29 is 37.0 Å². The molecule has 0 saturated carbocycles. The maximum atomic E-state index is 13.2. The fraction of sp³-hybridized carbons (Fsp3) is 0.333. The van der Waals surface area contributed by atoms with E-state index in [1.807, 2.05) is 31.2 Å². The fourth-order valence-corrected chi connectivity index (χ4v) is 3.85. The second-order valence-electron chi connectivity index (χ2n) is 9.93. The molecule has 0 aliphatic rings. The number of anilines is 1. The highest BCUT2D eigenvalue weighted by molar-refractivity contribution is 6.38. The van der Waals surface area contributed by atoms with Crippen molar-refractivity contribution >= 4 is 17.6 Å². The van der Waals surface area contributed by atoms with Gasteiger partial charge in [0.1, 0.15) is 11.5 Å². The molecule has 0 atom stereocenters. The molecule has 0 bridgehead atoms. The molecule has 0 radical (unpaired) electrons. The van der Waals surface area contributed by atoms with Crippen LogP contribution in [0.15, 0.2) is 66.7 Å². The van der Waals surface area contributed by atoms with Crippen molar-refractivity contribution in [2.24, 2.45) is 0 Å². The molecule has 3 aromatic carbocycles. The molecule has 39 heavy (non-hydrogen) atoms. The van der Waals surface area contributed by atoms with Crippen LogP contribution < -0.4 is 14.4 Å². The third-order valence-corrected chi connectivity index (χ3v) is 5.90. The zero-order chi connectivity index (χ0) is 28.8. The van der Waals surface area contributed by atoms with Gasteiger partial charge in [0.25, 0.3) is 0 Å². The lowest BCUT2D eigenvalue weighted by Crippen LogP contribution is -2.37. The number of benzene rings is 3. The Balaban J connectivity index is 2.06. The normalized spacial score (nSPS) is 11.6. The Morgan fingerprint density at radius 2 is 1.49 bits per heavy atom. The van der Waals surface area contributed by atoms with E-state index in [-0.39, 0.29) is 17.7 Å². The van der Waals surface area contributed by atoms with Gasteiger partial charge >= 0.3 is 18.2 Å². The number of carbonyl (C=O) groups excluding carboxylic acids is 2. The number of alkyl halides is 3.